The van der Waals surface area contributed by atoms with Crippen LogP contribution in [-0.2, 0) is 6.42 Å². The Morgan fingerprint density at radius 1 is 1.00 bits per heavy atom. The maximum atomic E-state index is 5.89. The smallest absolute Gasteiger partial charge is 0.178 e. The van der Waals surface area contributed by atoms with Gasteiger partial charge in [0.05, 0.1) is 0 Å². The number of nitrogens with zero attached hydrogens (tertiary/aromatic N) is 4. The van der Waals surface area contributed by atoms with Crippen molar-refractivity contribution in [3.05, 3.63) is 23.1 Å². The van der Waals surface area contributed by atoms with E-state index in [4.69, 9.17) is 11.6 Å². The lowest BCUT2D eigenvalue weighted by atomic mass is 10.1. The second kappa shape index (κ2) is 7.43. The molecule has 0 spiro atoms. The molecule has 2 aromatic heterocycles. The molecule has 104 valence electrons. The van der Waals surface area contributed by atoms with Gasteiger partial charge in [-0.3, -0.25) is 0 Å². The maximum Gasteiger partial charge on any atom is 0.178 e. The van der Waals surface area contributed by atoms with E-state index in [0.717, 1.165) is 24.3 Å². The van der Waals surface area contributed by atoms with Crippen LogP contribution in [0.2, 0.25) is 5.15 Å². The van der Waals surface area contributed by atoms with Gasteiger partial charge in [-0.1, -0.05) is 57.0 Å². The van der Waals surface area contributed by atoms with Crippen LogP contribution < -0.4 is 0 Å². The number of rotatable bonds is 8. The van der Waals surface area contributed by atoms with Gasteiger partial charge in [0.15, 0.2) is 11.5 Å². The molecule has 19 heavy (non-hydrogen) atoms. The van der Waals surface area contributed by atoms with Gasteiger partial charge >= 0.3 is 0 Å². The van der Waals surface area contributed by atoms with E-state index in [1.807, 2.05) is 6.07 Å². The van der Waals surface area contributed by atoms with Crippen molar-refractivity contribution in [1.82, 2.24) is 19.8 Å². The van der Waals surface area contributed by atoms with Crippen molar-refractivity contribution in [2.24, 2.45) is 0 Å². The fraction of sp³-hybridized carbons (Fsp3) is 0.643. The summed E-state index contributed by atoms with van der Waals surface area (Å²) in [7, 11) is 0. The third-order valence-electron chi connectivity index (χ3n) is 3.30. The molecular formula is C14H21ClN4. The molecule has 0 atom stereocenters. The van der Waals surface area contributed by atoms with E-state index in [2.05, 4.69) is 22.2 Å². The van der Waals surface area contributed by atoms with Crippen molar-refractivity contribution in [2.75, 3.05) is 0 Å². The molecule has 4 nitrogen and oxygen atoms in total. The summed E-state index contributed by atoms with van der Waals surface area (Å²) < 4.78 is 1.75. The molecule has 0 aliphatic heterocycles. The van der Waals surface area contributed by atoms with Gasteiger partial charge in [-0.2, -0.15) is 9.61 Å². The van der Waals surface area contributed by atoms with Crippen molar-refractivity contribution in [3.63, 3.8) is 0 Å². The van der Waals surface area contributed by atoms with Crippen molar-refractivity contribution in [2.45, 2.75) is 58.3 Å². The van der Waals surface area contributed by atoms with Crippen LogP contribution in [0, 0.1) is 0 Å². The lowest BCUT2D eigenvalue weighted by molar-refractivity contribution is 0.581. The number of aryl methyl sites for hydroxylation is 1. The van der Waals surface area contributed by atoms with Crippen LogP contribution in [-0.4, -0.2) is 19.8 Å². The lowest BCUT2D eigenvalue weighted by Gasteiger charge is -2.01. The number of hydrogen-bond donors (Lipinski definition) is 0. The highest BCUT2D eigenvalue weighted by Crippen LogP contribution is 2.11. The van der Waals surface area contributed by atoms with Crippen LogP contribution in [0.1, 0.15) is 57.7 Å². The van der Waals surface area contributed by atoms with Crippen molar-refractivity contribution >= 4 is 17.2 Å². The third kappa shape index (κ3) is 4.16. The zero-order valence-corrected chi connectivity index (χ0v) is 12.2. The molecular weight excluding hydrogens is 260 g/mol. The van der Waals surface area contributed by atoms with Crippen LogP contribution >= 0.6 is 11.6 Å². The topological polar surface area (TPSA) is 43.1 Å². The minimum absolute atomic E-state index is 0.480. The van der Waals surface area contributed by atoms with E-state index in [0.29, 0.717) is 5.15 Å². The van der Waals surface area contributed by atoms with Crippen LogP contribution in [0.3, 0.4) is 0 Å². The quantitative estimate of drug-likeness (QED) is 0.685. The summed E-state index contributed by atoms with van der Waals surface area (Å²) in [6.45, 7) is 2.24. The molecule has 2 rings (SSSR count). The van der Waals surface area contributed by atoms with Crippen molar-refractivity contribution in [1.29, 1.82) is 0 Å². The molecule has 0 saturated carbocycles. The minimum atomic E-state index is 0.480. The molecule has 2 heterocycles. The monoisotopic (exact) mass is 280 g/mol. The second-order valence-electron chi connectivity index (χ2n) is 4.91. The third-order valence-corrected chi connectivity index (χ3v) is 3.50. The molecule has 0 aliphatic carbocycles. The predicted octanol–water partition coefficient (Wildman–Crippen LogP) is 4.07. The zero-order chi connectivity index (χ0) is 13.5. The molecule has 0 radical (unpaired) electrons. The van der Waals surface area contributed by atoms with E-state index in [1.54, 1.807) is 10.6 Å². The molecule has 5 heteroatoms. The first-order valence-corrected chi connectivity index (χ1v) is 7.56. The van der Waals surface area contributed by atoms with Crippen LogP contribution in [0.5, 0.6) is 0 Å². The number of fused-ring (bicyclic) bond motifs is 1. The highest BCUT2D eigenvalue weighted by molar-refractivity contribution is 6.29. The van der Waals surface area contributed by atoms with Crippen LogP contribution in [0.15, 0.2) is 12.1 Å². The number of halogens is 1. The number of aromatic nitrogens is 4. The standard InChI is InChI=1S/C14H21ClN4/c1-2-3-4-5-6-7-8-9-13-16-17-14-11-10-12(15)18-19(13)14/h10-11H,2-9H2,1H3. The molecule has 0 amide bonds. The van der Waals surface area contributed by atoms with E-state index in [-0.39, 0.29) is 0 Å². The summed E-state index contributed by atoms with van der Waals surface area (Å²) in [6, 6.07) is 3.58. The molecule has 0 fully saturated rings. The Kier molecular flexibility index (Phi) is 5.58. The molecule has 0 N–H and O–H groups in total. The van der Waals surface area contributed by atoms with Gasteiger partial charge in [0.25, 0.3) is 0 Å². The van der Waals surface area contributed by atoms with Crippen molar-refractivity contribution < 1.29 is 0 Å². The first kappa shape index (κ1) is 14.3. The van der Waals surface area contributed by atoms with Gasteiger partial charge in [0.2, 0.25) is 0 Å². The Morgan fingerprint density at radius 2 is 1.74 bits per heavy atom. The Labute approximate surface area is 119 Å². The summed E-state index contributed by atoms with van der Waals surface area (Å²) >= 11 is 5.89. The molecule has 0 bridgehead atoms. The number of hydrogen-bond acceptors (Lipinski definition) is 3. The van der Waals surface area contributed by atoms with Gasteiger partial charge in [-0.25, -0.2) is 0 Å². The predicted molar refractivity (Wildman–Crippen MR) is 77.5 cm³/mol. The van der Waals surface area contributed by atoms with E-state index in [9.17, 15) is 0 Å². The average molecular weight is 281 g/mol. The largest absolute Gasteiger partial charge is 0.196 e. The highest BCUT2D eigenvalue weighted by Gasteiger charge is 2.06. The Morgan fingerprint density at radius 3 is 2.53 bits per heavy atom. The Hall–Kier alpha value is -1.16. The van der Waals surface area contributed by atoms with Gasteiger partial charge in [0, 0.05) is 6.42 Å². The zero-order valence-electron chi connectivity index (χ0n) is 11.5. The van der Waals surface area contributed by atoms with E-state index < -0.39 is 0 Å². The van der Waals surface area contributed by atoms with Gasteiger partial charge < -0.3 is 0 Å². The first-order chi connectivity index (χ1) is 9.31. The maximum absolute atomic E-state index is 5.89. The molecule has 0 aliphatic rings. The summed E-state index contributed by atoms with van der Waals surface area (Å²) in [6.07, 6.45) is 9.99. The van der Waals surface area contributed by atoms with Crippen molar-refractivity contribution in [3.8, 4) is 0 Å². The van der Waals surface area contributed by atoms with Gasteiger partial charge in [-0.05, 0) is 18.6 Å². The summed E-state index contributed by atoms with van der Waals surface area (Å²) in [5.74, 6) is 0.908. The molecule has 0 unspecified atom stereocenters. The fourth-order valence-electron chi connectivity index (χ4n) is 2.21. The minimum Gasteiger partial charge on any atom is -0.196 e. The Balaban J connectivity index is 1.77. The Bertz CT molecular complexity index is 509. The molecule has 0 aromatic carbocycles. The van der Waals surface area contributed by atoms with Crippen LogP contribution in [0.4, 0.5) is 0 Å². The molecule has 2 aromatic rings. The molecule has 0 saturated heterocycles. The van der Waals surface area contributed by atoms with E-state index >= 15 is 0 Å². The normalized spacial score (nSPS) is 11.3. The average Bonchev–Trinajstić information content (AvgIpc) is 2.80. The van der Waals surface area contributed by atoms with E-state index in [1.165, 1.54) is 38.5 Å². The van der Waals surface area contributed by atoms with Gasteiger partial charge in [0.1, 0.15) is 5.15 Å². The fourth-order valence-corrected chi connectivity index (χ4v) is 2.35. The lowest BCUT2D eigenvalue weighted by Crippen LogP contribution is -1.99. The number of unbranched alkanes of at least 4 members (excludes halogenated alkanes) is 6. The highest BCUT2D eigenvalue weighted by atomic mass is 35.5. The summed E-state index contributed by atoms with van der Waals surface area (Å²) in [4.78, 5) is 0. The summed E-state index contributed by atoms with van der Waals surface area (Å²) in [5.41, 5.74) is 0.766. The second-order valence-corrected chi connectivity index (χ2v) is 5.30. The SMILES string of the molecule is CCCCCCCCCc1nnc2ccc(Cl)nn12. The van der Waals surface area contributed by atoms with Crippen LogP contribution in [0.25, 0.3) is 5.65 Å². The summed E-state index contributed by atoms with van der Waals surface area (Å²) in [5, 5.41) is 13.0. The first-order valence-electron chi connectivity index (χ1n) is 7.18. The van der Waals surface area contributed by atoms with Gasteiger partial charge in [-0.15, -0.1) is 10.2 Å².